The van der Waals surface area contributed by atoms with Crippen molar-refractivity contribution >= 4 is 5.82 Å². The maximum Gasteiger partial charge on any atom is 0.268 e. The molecule has 0 spiro atoms. The minimum atomic E-state index is -0.610. The zero-order valence-corrected chi connectivity index (χ0v) is 12.6. The molecule has 0 saturated heterocycles. The fourth-order valence-electron chi connectivity index (χ4n) is 3.08. The van der Waals surface area contributed by atoms with Crippen molar-refractivity contribution in [3.05, 3.63) is 44.7 Å². The van der Waals surface area contributed by atoms with Gasteiger partial charge in [-0.25, -0.2) is 0 Å². The van der Waals surface area contributed by atoms with Gasteiger partial charge < -0.3 is 15.5 Å². The van der Waals surface area contributed by atoms with Crippen LogP contribution in [0.25, 0.3) is 11.1 Å². The summed E-state index contributed by atoms with van der Waals surface area (Å²) < 4.78 is 5.43. The molecule has 6 nitrogen and oxygen atoms in total. The number of aromatic amines is 1. The lowest BCUT2D eigenvalue weighted by atomic mass is 9.93. The van der Waals surface area contributed by atoms with Gasteiger partial charge in [0, 0.05) is 11.1 Å². The Morgan fingerprint density at radius 3 is 2.43 bits per heavy atom. The van der Waals surface area contributed by atoms with Crippen LogP contribution < -0.4 is 16.0 Å². The van der Waals surface area contributed by atoms with Crippen molar-refractivity contribution in [2.45, 2.75) is 19.3 Å². The summed E-state index contributed by atoms with van der Waals surface area (Å²) >= 11 is 0. The fourth-order valence-corrected chi connectivity index (χ4v) is 3.08. The molecule has 23 heavy (non-hydrogen) atoms. The van der Waals surface area contributed by atoms with Crippen molar-refractivity contribution < 1.29 is 4.74 Å². The normalized spacial score (nSPS) is 12.3. The number of pyridine rings is 1. The Bertz CT molecular complexity index is 945. The maximum absolute atomic E-state index is 12.1. The zero-order valence-electron chi connectivity index (χ0n) is 12.6. The van der Waals surface area contributed by atoms with Crippen molar-refractivity contribution in [1.29, 1.82) is 10.5 Å². The van der Waals surface area contributed by atoms with Crippen LogP contribution in [-0.2, 0) is 12.8 Å². The van der Waals surface area contributed by atoms with Crippen LogP contribution in [-0.4, -0.2) is 12.1 Å². The number of nitrogens with one attached hydrogen (secondary N) is 1. The van der Waals surface area contributed by atoms with Crippen molar-refractivity contribution in [2.24, 2.45) is 0 Å². The molecule has 1 aromatic carbocycles. The molecule has 0 fully saturated rings. The van der Waals surface area contributed by atoms with Crippen LogP contribution in [0.2, 0.25) is 0 Å². The van der Waals surface area contributed by atoms with Gasteiger partial charge in [-0.1, -0.05) is 0 Å². The van der Waals surface area contributed by atoms with Crippen molar-refractivity contribution in [1.82, 2.24) is 4.98 Å². The number of H-pyrrole nitrogens is 1. The first kappa shape index (κ1) is 14.7. The number of anilines is 1. The molecule has 6 heteroatoms. The lowest BCUT2D eigenvalue weighted by molar-refractivity contribution is 0.416. The molecular formula is C17H14N4O2. The van der Waals surface area contributed by atoms with Gasteiger partial charge in [0.1, 0.15) is 34.8 Å². The SMILES string of the molecule is COc1cc2c(cc1-c1c(C#N)c(N)[nH]c(=O)c1C#N)CCC2. The van der Waals surface area contributed by atoms with E-state index in [4.69, 9.17) is 10.5 Å². The van der Waals surface area contributed by atoms with Crippen LogP contribution in [0.15, 0.2) is 16.9 Å². The number of hydrogen-bond donors (Lipinski definition) is 2. The molecular weight excluding hydrogens is 292 g/mol. The summed E-state index contributed by atoms with van der Waals surface area (Å²) in [5.41, 5.74) is 8.24. The Hall–Kier alpha value is -3.25. The Balaban J connectivity index is 2.43. The number of benzene rings is 1. The second-order valence-electron chi connectivity index (χ2n) is 5.39. The van der Waals surface area contributed by atoms with E-state index in [9.17, 15) is 15.3 Å². The Morgan fingerprint density at radius 2 is 1.83 bits per heavy atom. The van der Waals surface area contributed by atoms with Gasteiger partial charge in [-0.3, -0.25) is 4.79 Å². The number of nitrogen functional groups attached to an aromatic ring is 1. The van der Waals surface area contributed by atoms with Crippen LogP contribution in [0.3, 0.4) is 0 Å². The molecule has 0 aliphatic heterocycles. The highest BCUT2D eigenvalue weighted by molar-refractivity contribution is 5.84. The lowest BCUT2D eigenvalue weighted by Crippen LogP contribution is -2.16. The molecule has 1 aliphatic carbocycles. The largest absolute Gasteiger partial charge is 0.496 e. The molecule has 1 aliphatic rings. The van der Waals surface area contributed by atoms with E-state index in [1.807, 2.05) is 24.3 Å². The highest BCUT2D eigenvalue weighted by atomic mass is 16.5. The second-order valence-corrected chi connectivity index (χ2v) is 5.39. The van der Waals surface area contributed by atoms with E-state index in [2.05, 4.69) is 4.98 Å². The predicted molar refractivity (Wildman–Crippen MR) is 84.9 cm³/mol. The number of ether oxygens (including phenoxy) is 1. The minimum Gasteiger partial charge on any atom is -0.496 e. The summed E-state index contributed by atoms with van der Waals surface area (Å²) in [5, 5.41) is 18.8. The maximum atomic E-state index is 12.1. The summed E-state index contributed by atoms with van der Waals surface area (Å²) in [4.78, 5) is 14.4. The van der Waals surface area contributed by atoms with Gasteiger partial charge >= 0.3 is 0 Å². The van der Waals surface area contributed by atoms with Crippen LogP contribution in [0.1, 0.15) is 28.7 Å². The van der Waals surface area contributed by atoms with Gasteiger partial charge in [0.2, 0.25) is 0 Å². The Kier molecular flexibility index (Phi) is 3.51. The summed E-state index contributed by atoms with van der Waals surface area (Å²) in [7, 11) is 1.52. The smallest absolute Gasteiger partial charge is 0.268 e. The second kappa shape index (κ2) is 5.51. The molecule has 0 atom stereocenters. The summed E-state index contributed by atoms with van der Waals surface area (Å²) in [5.74, 6) is 0.484. The molecule has 3 rings (SSSR count). The average molecular weight is 306 g/mol. The van der Waals surface area contributed by atoms with Crippen LogP contribution in [0.4, 0.5) is 5.82 Å². The highest BCUT2D eigenvalue weighted by Gasteiger charge is 2.23. The first-order valence-corrected chi connectivity index (χ1v) is 7.16. The number of nitriles is 2. The number of aromatic nitrogens is 1. The van der Waals surface area contributed by atoms with Crippen LogP contribution >= 0.6 is 0 Å². The van der Waals surface area contributed by atoms with E-state index in [0.717, 1.165) is 24.8 Å². The van der Waals surface area contributed by atoms with Crippen molar-refractivity contribution in [3.8, 4) is 29.0 Å². The number of nitrogens with two attached hydrogens (primary N) is 1. The van der Waals surface area contributed by atoms with Crippen molar-refractivity contribution in [2.75, 3.05) is 12.8 Å². The number of hydrogen-bond acceptors (Lipinski definition) is 5. The summed E-state index contributed by atoms with van der Waals surface area (Å²) in [6.07, 6.45) is 2.95. The van der Waals surface area contributed by atoms with Gasteiger partial charge in [0.15, 0.2) is 0 Å². The van der Waals surface area contributed by atoms with Gasteiger partial charge in [0.25, 0.3) is 5.56 Å². The van der Waals surface area contributed by atoms with E-state index in [0.29, 0.717) is 11.3 Å². The topological polar surface area (TPSA) is 116 Å². The summed E-state index contributed by atoms with van der Waals surface area (Å²) in [6, 6.07) is 7.67. The predicted octanol–water partition coefficient (Wildman–Crippen LogP) is 1.86. The van der Waals surface area contributed by atoms with Gasteiger partial charge in [-0.05, 0) is 42.5 Å². The standard InChI is InChI=1S/C17H14N4O2/c1-23-14-6-10-4-2-3-9(10)5-11(14)15-12(7-18)16(20)21-17(22)13(15)8-19/h5-6H,2-4H2,1H3,(H3,20,21,22). The average Bonchev–Trinajstić information content (AvgIpc) is 3.00. The van der Waals surface area contributed by atoms with E-state index in [-0.39, 0.29) is 22.5 Å². The Morgan fingerprint density at radius 1 is 1.17 bits per heavy atom. The molecule has 0 unspecified atom stereocenters. The number of fused-ring (bicyclic) bond motifs is 1. The molecule has 1 aromatic heterocycles. The number of nitrogens with zero attached hydrogens (tertiary/aromatic N) is 2. The molecule has 0 bridgehead atoms. The molecule has 1 heterocycles. The summed E-state index contributed by atoms with van der Waals surface area (Å²) in [6.45, 7) is 0. The van der Waals surface area contributed by atoms with E-state index in [1.54, 1.807) is 0 Å². The molecule has 114 valence electrons. The van der Waals surface area contributed by atoms with Crippen LogP contribution in [0.5, 0.6) is 5.75 Å². The van der Waals surface area contributed by atoms with E-state index >= 15 is 0 Å². The highest BCUT2D eigenvalue weighted by Crippen LogP contribution is 2.39. The Labute approximate surface area is 132 Å². The lowest BCUT2D eigenvalue weighted by Gasteiger charge is -2.14. The van der Waals surface area contributed by atoms with Crippen LogP contribution in [0, 0.1) is 22.7 Å². The molecule has 0 amide bonds. The van der Waals surface area contributed by atoms with Gasteiger partial charge in [0.05, 0.1) is 7.11 Å². The number of rotatable bonds is 2. The van der Waals surface area contributed by atoms with E-state index < -0.39 is 5.56 Å². The quantitative estimate of drug-likeness (QED) is 0.878. The molecule has 0 saturated carbocycles. The third kappa shape index (κ3) is 2.21. The third-order valence-corrected chi connectivity index (χ3v) is 4.15. The van der Waals surface area contributed by atoms with E-state index in [1.165, 1.54) is 12.7 Å². The fraction of sp³-hybridized carbons (Fsp3) is 0.235. The third-order valence-electron chi connectivity index (χ3n) is 4.15. The van der Waals surface area contributed by atoms with Crippen molar-refractivity contribution in [3.63, 3.8) is 0 Å². The zero-order chi connectivity index (χ0) is 16.6. The molecule has 3 N–H and O–H groups in total. The monoisotopic (exact) mass is 306 g/mol. The number of methoxy groups -OCH3 is 1. The minimum absolute atomic E-state index is 0.0472. The van der Waals surface area contributed by atoms with Gasteiger partial charge in [-0.2, -0.15) is 10.5 Å². The molecule has 2 aromatic rings. The molecule has 0 radical (unpaired) electrons. The number of aryl methyl sites for hydroxylation is 2. The first-order chi connectivity index (χ1) is 11.1. The van der Waals surface area contributed by atoms with Gasteiger partial charge in [-0.15, -0.1) is 0 Å². The first-order valence-electron chi connectivity index (χ1n) is 7.16.